The Hall–Kier alpha value is -5.48. The summed E-state index contributed by atoms with van der Waals surface area (Å²) in [6.45, 7) is 6.19. The van der Waals surface area contributed by atoms with Crippen LogP contribution in [0.3, 0.4) is 0 Å². The van der Waals surface area contributed by atoms with E-state index in [9.17, 15) is 4.57 Å². The summed E-state index contributed by atoms with van der Waals surface area (Å²) < 4.78 is 33.0. The van der Waals surface area contributed by atoms with Gasteiger partial charge < -0.3 is 9.05 Å². The lowest BCUT2D eigenvalue weighted by atomic mass is 9.87. The maximum absolute atomic E-state index is 14.5. The Morgan fingerprint density at radius 2 is 1.36 bits per heavy atom. The Morgan fingerprint density at radius 3 is 2.11 bits per heavy atom. The first-order valence-electron chi connectivity index (χ1n) is 15.4. The van der Waals surface area contributed by atoms with E-state index in [0.29, 0.717) is 22.8 Å². The van der Waals surface area contributed by atoms with Gasteiger partial charge in [0.15, 0.2) is 5.75 Å². The lowest BCUT2D eigenvalue weighted by Gasteiger charge is -2.19. The number of fused-ring (bicyclic) bond motifs is 8. The summed E-state index contributed by atoms with van der Waals surface area (Å²) in [5.41, 5.74) is 5.49. The first kappa shape index (κ1) is 29.0. The molecule has 6 aromatic carbocycles. The minimum Gasteiger partial charge on any atom is -0.394 e. The number of hydrogen-bond acceptors (Lipinski definition) is 5. The number of nitrogens with zero attached hydrogens (tertiary/aromatic N) is 1. The van der Waals surface area contributed by atoms with E-state index in [-0.39, 0.29) is 0 Å². The Labute approximate surface area is 272 Å². The van der Waals surface area contributed by atoms with E-state index < -0.39 is 7.82 Å². The van der Waals surface area contributed by atoms with Crippen LogP contribution in [0.15, 0.2) is 127 Å². The Balaban J connectivity index is 1.51. The van der Waals surface area contributed by atoms with E-state index in [1.165, 1.54) is 7.11 Å². The highest BCUT2D eigenvalue weighted by Crippen LogP contribution is 2.62. The number of aromatic nitrogens is 1. The van der Waals surface area contributed by atoms with Gasteiger partial charge >= 0.3 is 7.82 Å². The van der Waals surface area contributed by atoms with Crippen LogP contribution in [0, 0.1) is 0 Å². The molecule has 1 unspecified atom stereocenters. The molecule has 0 aliphatic carbocycles. The topological polar surface area (TPSA) is 57.7 Å². The molecule has 228 valence electrons. The molecule has 2 heterocycles. The van der Waals surface area contributed by atoms with Gasteiger partial charge in [0.05, 0.1) is 11.2 Å². The van der Waals surface area contributed by atoms with E-state index in [1.54, 1.807) is 0 Å². The van der Waals surface area contributed by atoms with Crippen LogP contribution in [0.1, 0.15) is 12.5 Å². The van der Waals surface area contributed by atoms with Crippen molar-refractivity contribution in [3.05, 3.63) is 143 Å². The summed E-state index contributed by atoms with van der Waals surface area (Å²) in [4.78, 5) is 5.02. The van der Waals surface area contributed by atoms with Crippen molar-refractivity contribution in [3.8, 4) is 33.9 Å². The molecule has 0 N–H and O–H groups in total. The number of allylic oxidation sites excluding steroid dienone is 2. The monoisotopic (exact) mass is 631 g/mol. The normalized spacial score (nSPS) is 16.4. The van der Waals surface area contributed by atoms with Crippen molar-refractivity contribution in [2.45, 2.75) is 6.92 Å². The molecule has 0 saturated carbocycles. The van der Waals surface area contributed by atoms with E-state index >= 15 is 0 Å². The zero-order chi connectivity index (χ0) is 32.1. The fourth-order valence-corrected chi connectivity index (χ4v) is 7.37. The third-order valence-corrected chi connectivity index (χ3v) is 10.0. The van der Waals surface area contributed by atoms with Crippen molar-refractivity contribution in [3.63, 3.8) is 0 Å². The zero-order valence-corrected chi connectivity index (χ0v) is 26.8. The average Bonchev–Trinajstić information content (AvgIpc) is 3.25. The van der Waals surface area contributed by atoms with Gasteiger partial charge in [-0.25, -0.2) is 9.55 Å². The molecule has 47 heavy (non-hydrogen) atoms. The second-order valence-electron chi connectivity index (χ2n) is 11.6. The second kappa shape index (κ2) is 11.4. The Kier molecular flexibility index (Phi) is 7.02. The highest BCUT2D eigenvalue weighted by molar-refractivity contribution is 7.49. The third kappa shape index (κ3) is 5.01. The zero-order valence-electron chi connectivity index (χ0n) is 25.9. The van der Waals surface area contributed by atoms with Crippen molar-refractivity contribution in [2.75, 3.05) is 7.11 Å². The molecule has 0 spiro atoms. The molecule has 1 atom stereocenters. The summed E-state index contributed by atoms with van der Waals surface area (Å²) in [6, 6.07) is 40.4. The highest BCUT2D eigenvalue weighted by atomic mass is 31.2. The fourth-order valence-electron chi connectivity index (χ4n) is 6.36. The van der Waals surface area contributed by atoms with Crippen LogP contribution in [0.5, 0.6) is 11.5 Å². The fraction of sp³-hybridized carbons (Fsp3) is 0.0488. The predicted octanol–water partition coefficient (Wildman–Crippen LogP) is 9.70. The summed E-state index contributed by atoms with van der Waals surface area (Å²) in [6.07, 6.45) is 4.07. The smallest absolute Gasteiger partial charge is 0.394 e. The van der Waals surface area contributed by atoms with Crippen LogP contribution >= 0.6 is 7.82 Å². The molecule has 0 amide bonds. The van der Waals surface area contributed by atoms with Crippen molar-refractivity contribution < 1.29 is 18.1 Å². The van der Waals surface area contributed by atoms with Gasteiger partial charge in [-0.15, -0.1) is 0 Å². The summed E-state index contributed by atoms with van der Waals surface area (Å²) in [5.74, 6) is 0.836. The molecule has 8 rings (SSSR count). The molecule has 1 aliphatic heterocycles. The van der Waals surface area contributed by atoms with Gasteiger partial charge in [0.2, 0.25) is 0 Å². The van der Waals surface area contributed by atoms with Gasteiger partial charge in [0, 0.05) is 34.7 Å². The van der Waals surface area contributed by atoms with Gasteiger partial charge in [-0.2, -0.15) is 0 Å². The third-order valence-electron chi connectivity index (χ3n) is 8.75. The highest BCUT2D eigenvalue weighted by Gasteiger charge is 2.39. The Bertz CT molecular complexity index is 2590. The van der Waals surface area contributed by atoms with Crippen LogP contribution in [0.2, 0.25) is 0 Å². The number of pyridine rings is 1. The second-order valence-corrected chi connectivity index (χ2v) is 13.2. The van der Waals surface area contributed by atoms with Crippen LogP contribution < -0.4 is 19.5 Å². The molecule has 0 fully saturated rings. The summed E-state index contributed by atoms with van der Waals surface area (Å²) in [5, 5.41) is 6.83. The molecule has 1 aliphatic rings. The largest absolute Gasteiger partial charge is 0.587 e. The van der Waals surface area contributed by atoms with Gasteiger partial charge in [0.25, 0.3) is 0 Å². The van der Waals surface area contributed by atoms with Gasteiger partial charge in [-0.05, 0) is 68.7 Å². The SMILES string of the molecule is C=c1cccc/c1=C/C=C(\C)c1cc2ccccc2c2c1OP(=O)(OC)Oc1c(-c3ccc4ccccc4n3)cc3ccccc3c1-2. The molecule has 7 aromatic rings. The molecule has 0 bridgehead atoms. The first-order chi connectivity index (χ1) is 22.9. The molecule has 1 aromatic heterocycles. The maximum atomic E-state index is 14.5. The number of rotatable bonds is 4. The Morgan fingerprint density at radius 1 is 0.745 bits per heavy atom. The summed E-state index contributed by atoms with van der Waals surface area (Å²) in [7, 11) is -2.83. The van der Waals surface area contributed by atoms with E-state index in [4.69, 9.17) is 18.6 Å². The van der Waals surface area contributed by atoms with E-state index in [1.807, 2.05) is 110 Å². The quantitative estimate of drug-likeness (QED) is 0.181. The minimum absolute atomic E-state index is 0.400. The lowest BCUT2D eigenvalue weighted by molar-refractivity contribution is 0.253. The van der Waals surface area contributed by atoms with E-state index in [2.05, 4.69) is 36.9 Å². The number of hydrogen-bond donors (Lipinski definition) is 0. The molecule has 0 radical (unpaired) electrons. The first-order valence-corrected chi connectivity index (χ1v) is 16.8. The number of phosphoric acid groups is 1. The molecular weight excluding hydrogens is 601 g/mol. The van der Waals surface area contributed by atoms with Crippen molar-refractivity contribution in [1.29, 1.82) is 0 Å². The molecule has 5 nitrogen and oxygen atoms in total. The van der Waals surface area contributed by atoms with Crippen LogP contribution in [0.25, 0.3) is 73.1 Å². The molecule has 6 heteroatoms. The molecular formula is C41H30NO4P. The standard InChI is InChI=1S/C41H30NO4P/c1-26-12-4-5-13-28(26)21-20-27(2)34-24-30-15-6-9-17-32(30)38-39-33-18-10-7-16-31(33)25-35(41(39)46-47(43,44-3)45-40(34)38)37-23-22-29-14-8-11-19-36(29)42-37/h4-25H,1H2,2-3H3/b27-20+,28-21-. The summed E-state index contributed by atoms with van der Waals surface area (Å²) >= 11 is 0. The van der Waals surface area contributed by atoms with Gasteiger partial charge in [0.1, 0.15) is 5.75 Å². The lowest BCUT2D eigenvalue weighted by Crippen LogP contribution is -2.21. The van der Waals surface area contributed by atoms with Crippen molar-refractivity contribution in [2.24, 2.45) is 0 Å². The van der Waals surface area contributed by atoms with Gasteiger partial charge in [-0.1, -0.05) is 116 Å². The van der Waals surface area contributed by atoms with Crippen LogP contribution in [-0.4, -0.2) is 12.1 Å². The maximum Gasteiger partial charge on any atom is 0.587 e. The van der Waals surface area contributed by atoms with Crippen LogP contribution in [-0.2, 0) is 9.09 Å². The minimum atomic E-state index is -4.18. The van der Waals surface area contributed by atoms with Crippen LogP contribution in [0.4, 0.5) is 0 Å². The number of benzene rings is 6. The predicted molar refractivity (Wildman–Crippen MR) is 193 cm³/mol. The number of para-hydroxylation sites is 1. The van der Waals surface area contributed by atoms with Crippen molar-refractivity contribution >= 4 is 58.5 Å². The van der Waals surface area contributed by atoms with Crippen molar-refractivity contribution in [1.82, 2.24) is 4.98 Å². The average molecular weight is 632 g/mol. The molecule has 0 saturated heterocycles. The van der Waals surface area contributed by atoms with Gasteiger partial charge in [-0.3, -0.25) is 4.52 Å². The van der Waals surface area contributed by atoms with E-state index in [0.717, 1.165) is 65.1 Å². The number of phosphoric ester groups is 1.